The van der Waals surface area contributed by atoms with Gasteiger partial charge >= 0.3 is 5.97 Å². The zero-order valence-electron chi connectivity index (χ0n) is 19.2. The van der Waals surface area contributed by atoms with E-state index in [1.54, 1.807) is 13.0 Å². The molecule has 0 aromatic carbocycles. The number of hydrogen-bond acceptors (Lipinski definition) is 5. The molecule has 0 radical (unpaired) electrons. The molecule has 6 nitrogen and oxygen atoms in total. The number of halogens is 1. The monoisotopic (exact) mass is 443 g/mol. The highest BCUT2D eigenvalue weighted by Gasteiger charge is 2.20. The summed E-state index contributed by atoms with van der Waals surface area (Å²) in [6.45, 7) is 10.3. The number of nitrogens with one attached hydrogen (secondary N) is 1. The second kappa shape index (κ2) is 14.4. The number of methoxy groups -OCH3 is 1. The van der Waals surface area contributed by atoms with Crippen molar-refractivity contribution in [2.45, 2.75) is 72.8 Å². The smallest absolute Gasteiger partial charge is 0.349 e. The third-order valence-electron chi connectivity index (χ3n) is 4.48. The summed E-state index contributed by atoms with van der Waals surface area (Å²) in [4.78, 5) is 35.5. The molecular formula is C23H38ClNO5. The number of aliphatic hydroxyl groups excluding tert-OH is 1. The molecule has 0 saturated carbocycles. The predicted octanol–water partition coefficient (Wildman–Crippen LogP) is 4.15. The van der Waals surface area contributed by atoms with Gasteiger partial charge in [-0.05, 0) is 30.6 Å². The fourth-order valence-electron chi connectivity index (χ4n) is 2.83. The number of hydrogen-bond donors (Lipinski definition) is 2. The fourth-order valence-corrected chi connectivity index (χ4v) is 3.12. The summed E-state index contributed by atoms with van der Waals surface area (Å²) in [6.07, 6.45) is 6.80. The Labute approximate surface area is 186 Å². The van der Waals surface area contributed by atoms with Crippen molar-refractivity contribution in [3.05, 3.63) is 23.3 Å². The molecule has 0 heterocycles. The second-order valence-corrected chi connectivity index (χ2v) is 9.30. The number of aliphatic hydroxyl groups is 1. The number of carbonyl (C=O) groups is 3. The van der Waals surface area contributed by atoms with Gasteiger partial charge in [-0.1, -0.05) is 64.4 Å². The minimum Gasteiger partial charge on any atom is -0.465 e. The topological polar surface area (TPSA) is 92.7 Å². The van der Waals surface area contributed by atoms with Gasteiger partial charge in [0, 0.05) is 25.3 Å². The van der Waals surface area contributed by atoms with Crippen LogP contribution in [0, 0.1) is 17.3 Å². The van der Waals surface area contributed by atoms with E-state index >= 15 is 0 Å². The van der Waals surface area contributed by atoms with Gasteiger partial charge < -0.3 is 15.2 Å². The van der Waals surface area contributed by atoms with E-state index in [1.807, 2.05) is 13.0 Å². The van der Waals surface area contributed by atoms with Gasteiger partial charge in [0.1, 0.15) is 10.8 Å². The van der Waals surface area contributed by atoms with Crippen molar-refractivity contribution < 1.29 is 24.2 Å². The van der Waals surface area contributed by atoms with E-state index in [-0.39, 0.29) is 40.4 Å². The van der Waals surface area contributed by atoms with Crippen LogP contribution in [-0.4, -0.2) is 42.5 Å². The Morgan fingerprint density at radius 3 is 2.40 bits per heavy atom. The van der Waals surface area contributed by atoms with Crippen LogP contribution >= 0.6 is 11.6 Å². The lowest BCUT2D eigenvalue weighted by Gasteiger charge is -2.16. The summed E-state index contributed by atoms with van der Waals surface area (Å²) < 4.78 is 4.54. The summed E-state index contributed by atoms with van der Waals surface area (Å²) >= 11 is 5.84. The van der Waals surface area contributed by atoms with Gasteiger partial charge in [0.25, 0.3) is 0 Å². The van der Waals surface area contributed by atoms with E-state index in [0.29, 0.717) is 32.2 Å². The van der Waals surface area contributed by atoms with Crippen LogP contribution in [0.25, 0.3) is 0 Å². The molecular weight excluding hydrogens is 406 g/mol. The summed E-state index contributed by atoms with van der Waals surface area (Å²) in [6, 6.07) is 0. The zero-order chi connectivity index (χ0) is 23.3. The average Bonchev–Trinajstić information content (AvgIpc) is 2.63. The Morgan fingerprint density at radius 2 is 1.83 bits per heavy atom. The molecule has 0 spiro atoms. The fraction of sp³-hybridized carbons (Fsp3) is 0.696. The van der Waals surface area contributed by atoms with Gasteiger partial charge in [-0.2, -0.15) is 0 Å². The largest absolute Gasteiger partial charge is 0.465 e. The first-order valence-corrected chi connectivity index (χ1v) is 10.8. The summed E-state index contributed by atoms with van der Waals surface area (Å²) in [7, 11) is 1.25. The molecule has 0 unspecified atom stereocenters. The molecule has 0 saturated heterocycles. The Morgan fingerprint density at radius 1 is 1.20 bits per heavy atom. The molecule has 0 aromatic heterocycles. The first-order chi connectivity index (χ1) is 13.9. The maximum Gasteiger partial charge on any atom is 0.349 e. The minimum absolute atomic E-state index is 0.00526. The lowest BCUT2D eigenvalue weighted by Crippen LogP contribution is -2.28. The van der Waals surface area contributed by atoms with Crippen molar-refractivity contribution in [2.75, 3.05) is 13.7 Å². The molecule has 0 fully saturated rings. The third-order valence-corrected chi connectivity index (χ3v) is 4.76. The molecule has 172 valence electrons. The van der Waals surface area contributed by atoms with Gasteiger partial charge in [0.15, 0.2) is 0 Å². The molecule has 0 aliphatic carbocycles. The Balaban J connectivity index is 4.19. The number of ketones is 1. The van der Waals surface area contributed by atoms with Crippen LogP contribution in [0.5, 0.6) is 0 Å². The first kappa shape index (κ1) is 28.3. The van der Waals surface area contributed by atoms with Crippen LogP contribution in [0.15, 0.2) is 23.3 Å². The quantitative estimate of drug-likeness (QED) is 0.253. The molecule has 7 heteroatoms. The second-order valence-electron chi connectivity index (χ2n) is 8.89. The highest BCUT2D eigenvalue weighted by Crippen LogP contribution is 2.19. The van der Waals surface area contributed by atoms with E-state index < -0.39 is 12.1 Å². The van der Waals surface area contributed by atoms with Crippen molar-refractivity contribution in [2.24, 2.45) is 17.3 Å². The van der Waals surface area contributed by atoms with Gasteiger partial charge in [0.2, 0.25) is 5.91 Å². The first-order valence-electron chi connectivity index (χ1n) is 10.5. The van der Waals surface area contributed by atoms with Crippen LogP contribution in [0.3, 0.4) is 0 Å². The molecule has 0 aliphatic heterocycles. The lowest BCUT2D eigenvalue weighted by atomic mass is 9.90. The summed E-state index contributed by atoms with van der Waals surface area (Å²) in [5.74, 6) is -1.10. The van der Waals surface area contributed by atoms with E-state index in [2.05, 4.69) is 36.9 Å². The standard InChI is InChI=1S/C23H38ClNO5/c1-16(14-19(24)22(29)30-6)13-17(2)20(27)15-18(26)10-12-25-21(28)9-7-8-11-23(3,4)5/h8,11,14,16-18,26H,7,9-10,12-13,15H2,1-6H3,(H,25,28)/b11-8+,19-14+/t16-,17-,18-/m1/s1. The van der Waals surface area contributed by atoms with Gasteiger partial charge in [0.05, 0.1) is 13.2 Å². The third kappa shape index (κ3) is 14.3. The van der Waals surface area contributed by atoms with Crippen LogP contribution in [0.4, 0.5) is 0 Å². The Hall–Kier alpha value is -1.66. The SMILES string of the molecule is COC(=O)/C(Cl)=C\[C@H](C)C[C@@H](C)C(=O)C[C@H](O)CCNC(=O)CC/C=C/C(C)(C)C. The van der Waals surface area contributed by atoms with Crippen molar-refractivity contribution in [3.63, 3.8) is 0 Å². The van der Waals surface area contributed by atoms with E-state index in [0.717, 1.165) is 0 Å². The summed E-state index contributed by atoms with van der Waals surface area (Å²) in [5, 5.41) is 12.9. The van der Waals surface area contributed by atoms with Crippen LogP contribution in [-0.2, 0) is 19.1 Å². The molecule has 1 amide bonds. The molecule has 3 atom stereocenters. The Bertz CT molecular complexity index is 622. The van der Waals surface area contributed by atoms with Gasteiger partial charge in [-0.25, -0.2) is 4.79 Å². The highest BCUT2D eigenvalue weighted by molar-refractivity contribution is 6.41. The Kier molecular flexibility index (Phi) is 13.6. The maximum atomic E-state index is 12.3. The number of esters is 1. The van der Waals surface area contributed by atoms with Crippen molar-refractivity contribution in [1.82, 2.24) is 5.32 Å². The lowest BCUT2D eigenvalue weighted by molar-refractivity contribution is -0.135. The molecule has 30 heavy (non-hydrogen) atoms. The molecule has 0 aliphatic rings. The average molecular weight is 444 g/mol. The van der Waals surface area contributed by atoms with Crippen LogP contribution in [0.1, 0.15) is 66.7 Å². The van der Waals surface area contributed by atoms with Gasteiger partial charge in [-0.3, -0.25) is 9.59 Å². The van der Waals surface area contributed by atoms with Gasteiger partial charge in [-0.15, -0.1) is 0 Å². The van der Waals surface area contributed by atoms with Crippen molar-refractivity contribution >= 4 is 29.3 Å². The van der Waals surface area contributed by atoms with E-state index in [9.17, 15) is 19.5 Å². The number of amides is 1. The molecule has 2 N–H and O–H groups in total. The number of ether oxygens (including phenoxy) is 1. The molecule has 0 rings (SSSR count). The maximum absolute atomic E-state index is 12.3. The summed E-state index contributed by atoms with van der Waals surface area (Å²) in [5.41, 5.74) is 0.103. The number of carbonyl (C=O) groups excluding carboxylic acids is 3. The minimum atomic E-state index is -0.800. The number of Topliss-reactive ketones (excluding diaryl/α,β-unsaturated/α-hetero) is 1. The highest BCUT2D eigenvalue weighted by atomic mass is 35.5. The number of rotatable bonds is 13. The van der Waals surface area contributed by atoms with E-state index in [4.69, 9.17) is 11.6 Å². The number of allylic oxidation sites excluding steroid dienone is 3. The zero-order valence-corrected chi connectivity index (χ0v) is 19.9. The van der Waals surface area contributed by atoms with Crippen LogP contribution < -0.4 is 5.32 Å². The van der Waals surface area contributed by atoms with E-state index in [1.165, 1.54) is 7.11 Å². The normalized spacial score (nSPS) is 15.5. The van der Waals surface area contributed by atoms with Crippen LogP contribution in [0.2, 0.25) is 0 Å². The van der Waals surface area contributed by atoms with Crippen molar-refractivity contribution in [3.8, 4) is 0 Å². The molecule has 0 aromatic rings. The van der Waals surface area contributed by atoms with Crippen molar-refractivity contribution in [1.29, 1.82) is 0 Å². The molecule has 0 bridgehead atoms. The predicted molar refractivity (Wildman–Crippen MR) is 120 cm³/mol.